The molecule has 0 atom stereocenters. The van der Waals surface area contributed by atoms with Crippen LogP contribution in [0.4, 0.5) is 5.69 Å². The summed E-state index contributed by atoms with van der Waals surface area (Å²) in [5.74, 6) is 0.0820. The summed E-state index contributed by atoms with van der Waals surface area (Å²) >= 11 is 0. The number of hydrogen-bond donors (Lipinski definition) is 0. The zero-order chi connectivity index (χ0) is 23.6. The third-order valence-electron chi connectivity index (χ3n) is 5.28. The molecule has 0 spiro atoms. The highest BCUT2D eigenvalue weighted by Crippen LogP contribution is 2.35. The van der Waals surface area contributed by atoms with E-state index in [0.717, 1.165) is 23.4 Å². The Hall–Kier alpha value is -3.28. The summed E-state index contributed by atoms with van der Waals surface area (Å²) in [6, 6.07) is 9.78. The highest BCUT2D eigenvalue weighted by molar-refractivity contribution is 7.89. The van der Waals surface area contributed by atoms with E-state index >= 15 is 0 Å². The second-order valence-corrected chi connectivity index (χ2v) is 9.44. The number of nitro benzene ring substituents is 1. The van der Waals surface area contributed by atoms with Gasteiger partial charge in [0.05, 0.1) is 23.0 Å². The number of sulfonamides is 1. The van der Waals surface area contributed by atoms with E-state index in [1.54, 1.807) is 12.1 Å². The molecule has 0 bridgehead atoms. The van der Waals surface area contributed by atoms with Crippen LogP contribution < -0.4 is 10.4 Å². The summed E-state index contributed by atoms with van der Waals surface area (Å²) in [7, 11) is -3.91. The molecule has 1 aromatic heterocycles. The second-order valence-electron chi connectivity index (χ2n) is 7.50. The molecule has 0 radical (unpaired) electrons. The molecule has 0 amide bonds. The predicted octanol–water partition coefficient (Wildman–Crippen LogP) is 3.47. The lowest BCUT2D eigenvalue weighted by molar-refractivity contribution is -0.385. The van der Waals surface area contributed by atoms with Crippen molar-refractivity contribution in [2.45, 2.75) is 24.7 Å². The van der Waals surface area contributed by atoms with Crippen LogP contribution in [0.2, 0.25) is 0 Å². The molecule has 1 fully saturated rings. The molecule has 1 aliphatic heterocycles. The molecule has 0 N–H and O–H groups in total. The molecule has 33 heavy (non-hydrogen) atoms. The maximum absolute atomic E-state index is 12.9. The number of benzene rings is 2. The molecule has 10 nitrogen and oxygen atoms in total. The molecule has 0 aliphatic carbocycles. The quantitative estimate of drug-likeness (QED) is 0.289. The SMILES string of the molecule is CCCc1cc(=O)oc2cc(Oc3ccc(S(=O)(=O)N4CCOCC4)cc3[N+](=O)[O-])ccc12. The van der Waals surface area contributed by atoms with Crippen LogP contribution in [0, 0.1) is 10.1 Å². The fourth-order valence-corrected chi connectivity index (χ4v) is 5.13. The van der Waals surface area contributed by atoms with Gasteiger partial charge in [0.15, 0.2) is 0 Å². The molecule has 4 rings (SSSR count). The van der Waals surface area contributed by atoms with Crippen LogP contribution in [-0.2, 0) is 21.2 Å². The zero-order valence-corrected chi connectivity index (χ0v) is 18.7. The number of morpholine rings is 1. The maximum Gasteiger partial charge on any atom is 0.336 e. The molecular weight excluding hydrogens is 452 g/mol. The van der Waals surface area contributed by atoms with Gasteiger partial charge in [-0.15, -0.1) is 0 Å². The van der Waals surface area contributed by atoms with Gasteiger partial charge < -0.3 is 13.9 Å². The highest BCUT2D eigenvalue weighted by atomic mass is 32.2. The predicted molar refractivity (Wildman–Crippen MR) is 119 cm³/mol. The summed E-state index contributed by atoms with van der Waals surface area (Å²) < 4.78 is 43.1. The van der Waals surface area contributed by atoms with E-state index < -0.39 is 26.3 Å². The third kappa shape index (κ3) is 4.75. The van der Waals surface area contributed by atoms with Gasteiger partial charge in [0.25, 0.3) is 0 Å². The van der Waals surface area contributed by atoms with Gasteiger partial charge in [-0.3, -0.25) is 10.1 Å². The van der Waals surface area contributed by atoms with Gasteiger partial charge in [0.2, 0.25) is 15.8 Å². The van der Waals surface area contributed by atoms with Crippen molar-refractivity contribution in [3.8, 4) is 11.5 Å². The van der Waals surface area contributed by atoms with Gasteiger partial charge in [-0.1, -0.05) is 13.3 Å². The lowest BCUT2D eigenvalue weighted by atomic mass is 10.1. The minimum absolute atomic E-state index is 0.132. The fraction of sp³-hybridized carbons (Fsp3) is 0.318. The van der Waals surface area contributed by atoms with Crippen molar-refractivity contribution in [2.24, 2.45) is 0 Å². The number of ether oxygens (including phenoxy) is 2. The number of rotatable bonds is 7. The molecular formula is C22H22N2O8S. The molecule has 11 heteroatoms. The Balaban J connectivity index is 1.69. The lowest BCUT2D eigenvalue weighted by Crippen LogP contribution is -2.40. The minimum Gasteiger partial charge on any atom is -0.450 e. The van der Waals surface area contributed by atoms with Crippen molar-refractivity contribution < 1.29 is 27.2 Å². The van der Waals surface area contributed by atoms with E-state index in [2.05, 4.69) is 0 Å². The van der Waals surface area contributed by atoms with Gasteiger partial charge in [-0.05, 0) is 36.2 Å². The fourth-order valence-electron chi connectivity index (χ4n) is 3.70. The van der Waals surface area contributed by atoms with Gasteiger partial charge in [0, 0.05) is 36.7 Å². The van der Waals surface area contributed by atoms with Crippen LogP contribution in [0.1, 0.15) is 18.9 Å². The van der Waals surface area contributed by atoms with E-state index in [1.165, 1.54) is 28.6 Å². The Morgan fingerprint density at radius 3 is 2.58 bits per heavy atom. The van der Waals surface area contributed by atoms with Gasteiger partial charge >= 0.3 is 11.3 Å². The van der Waals surface area contributed by atoms with E-state index in [-0.39, 0.29) is 42.7 Å². The maximum atomic E-state index is 12.9. The van der Waals surface area contributed by atoms with E-state index in [9.17, 15) is 23.3 Å². The largest absolute Gasteiger partial charge is 0.450 e. The van der Waals surface area contributed by atoms with Gasteiger partial charge in [-0.25, -0.2) is 13.2 Å². The van der Waals surface area contributed by atoms with Gasteiger partial charge in [-0.2, -0.15) is 4.31 Å². The van der Waals surface area contributed by atoms with Crippen molar-refractivity contribution in [2.75, 3.05) is 26.3 Å². The first-order valence-electron chi connectivity index (χ1n) is 10.4. The number of hydrogen-bond acceptors (Lipinski definition) is 8. The van der Waals surface area contributed by atoms with Crippen LogP contribution >= 0.6 is 0 Å². The summed E-state index contributed by atoms with van der Waals surface area (Å²) in [5, 5.41) is 12.4. The Morgan fingerprint density at radius 1 is 1.12 bits per heavy atom. The molecule has 0 unspecified atom stereocenters. The normalized spacial score (nSPS) is 14.9. The second kappa shape index (κ2) is 9.30. The minimum atomic E-state index is -3.91. The van der Waals surface area contributed by atoms with Crippen LogP contribution in [0.25, 0.3) is 11.0 Å². The van der Waals surface area contributed by atoms with E-state index in [4.69, 9.17) is 13.9 Å². The van der Waals surface area contributed by atoms with Crippen LogP contribution in [-0.4, -0.2) is 43.9 Å². The van der Waals surface area contributed by atoms with Crippen LogP contribution in [0.3, 0.4) is 0 Å². The Bertz CT molecular complexity index is 1360. The zero-order valence-electron chi connectivity index (χ0n) is 17.9. The van der Waals surface area contributed by atoms with Crippen LogP contribution in [0.5, 0.6) is 11.5 Å². The summed E-state index contributed by atoms with van der Waals surface area (Å²) in [6.07, 6.45) is 1.55. The molecule has 3 aromatic rings. The number of fused-ring (bicyclic) bond motifs is 1. The summed E-state index contributed by atoms with van der Waals surface area (Å²) in [6.45, 7) is 2.88. The molecule has 1 saturated heterocycles. The van der Waals surface area contributed by atoms with Crippen molar-refractivity contribution >= 4 is 26.7 Å². The number of nitro groups is 1. The monoisotopic (exact) mass is 474 g/mol. The molecule has 0 saturated carbocycles. The molecule has 1 aliphatic rings. The van der Waals surface area contributed by atoms with Crippen LogP contribution in [0.15, 0.2) is 56.6 Å². The molecule has 2 heterocycles. The Kier molecular flexibility index (Phi) is 6.45. The highest BCUT2D eigenvalue weighted by Gasteiger charge is 2.29. The third-order valence-corrected chi connectivity index (χ3v) is 7.18. The average molecular weight is 474 g/mol. The standard InChI is InChI=1S/C22H22N2O8S/c1-2-3-15-12-22(25)32-21-13-16(4-6-18(15)21)31-20-7-5-17(14-19(20)24(26)27)33(28,29)23-8-10-30-11-9-23/h4-7,12-14H,2-3,8-11H2,1H3. The van der Waals surface area contributed by atoms with E-state index in [1.807, 2.05) is 6.92 Å². The van der Waals surface area contributed by atoms with Crippen molar-refractivity contribution in [3.05, 3.63) is 68.6 Å². The first-order valence-corrected chi connectivity index (χ1v) is 11.8. The van der Waals surface area contributed by atoms with Crippen molar-refractivity contribution in [3.63, 3.8) is 0 Å². The number of nitrogens with zero attached hydrogens (tertiary/aromatic N) is 2. The first kappa shape index (κ1) is 22.9. The Labute approximate surface area is 189 Å². The Morgan fingerprint density at radius 2 is 1.88 bits per heavy atom. The molecule has 2 aromatic carbocycles. The first-order chi connectivity index (χ1) is 15.8. The van der Waals surface area contributed by atoms with Gasteiger partial charge in [0.1, 0.15) is 11.3 Å². The smallest absolute Gasteiger partial charge is 0.336 e. The summed E-state index contributed by atoms with van der Waals surface area (Å²) in [5.41, 5.74) is 0.161. The average Bonchev–Trinajstić information content (AvgIpc) is 2.79. The van der Waals surface area contributed by atoms with E-state index in [0.29, 0.717) is 12.0 Å². The number of aryl methyl sites for hydroxylation is 1. The molecule has 174 valence electrons. The van der Waals surface area contributed by atoms with Crippen molar-refractivity contribution in [1.29, 1.82) is 0 Å². The lowest BCUT2D eigenvalue weighted by Gasteiger charge is -2.26. The summed E-state index contributed by atoms with van der Waals surface area (Å²) in [4.78, 5) is 22.7. The van der Waals surface area contributed by atoms with Crippen molar-refractivity contribution in [1.82, 2.24) is 4.31 Å². The topological polar surface area (TPSA) is 129 Å².